The maximum Gasteiger partial charge on any atom is 0.0348 e. The van der Waals surface area contributed by atoms with E-state index < -0.39 is 0 Å². The van der Waals surface area contributed by atoms with E-state index in [0.717, 1.165) is 25.7 Å². The highest BCUT2D eigenvalue weighted by atomic mass is 79.9. The fourth-order valence-electron chi connectivity index (χ4n) is 4.60. The van der Waals surface area contributed by atoms with Crippen molar-refractivity contribution in [3.05, 3.63) is 105 Å². The van der Waals surface area contributed by atoms with Gasteiger partial charge in [-0.05, 0) is 104 Å². The first-order valence-corrected chi connectivity index (χ1v) is 14.3. The van der Waals surface area contributed by atoms with E-state index in [1.54, 1.807) is 0 Å². The smallest absolute Gasteiger partial charge is 0.0348 e. The summed E-state index contributed by atoms with van der Waals surface area (Å²) < 4.78 is 1.29. The van der Waals surface area contributed by atoms with E-state index in [1.165, 1.54) is 70.3 Å². The lowest BCUT2D eigenvalue weighted by molar-refractivity contribution is 0.832. The molecule has 0 spiro atoms. The monoisotopic (exact) mass is 532 g/mol. The van der Waals surface area contributed by atoms with E-state index in [0.29, 0.717) is 0 Å². The van der Waals surface area contributed by atoms with Crippen LogP contribution in [0.2, 0.25) is 0 Å². The molecule has 168 valence electrons. The number of aryl methyl sites for hydroxylation is 4. The van der Waals surface area contributed by atoms with Gasteiger partial charge in [0.2, 0.25) is 0 Å². The summed E-state index contributed by atoms with van der Waals surface area (Å²) >= 11 is 7.97. The van der Waals surface area contributed by atoms with Gasteiger partial charge in [0, 0.05) is 35.2 Å². The molecule has 0 saturated carbocycles. The Kier molecular flexibility index (Phi) is 7.20. The van der Waals surface area contributed by atoms with Gasteiger partial charge in [0.05, 0.1) is 0 Å². The maximum atomic E-state index is 4.14. The second-order valence-electron chi connectivity index (χ2n) is 9.01. The van der Waals surface area contributed by atoms with Crippen molar-refractivity contribution in [2.24, 2.45) is 0 Å². The van der Waals surface area contributed by atoms with Gasteiger partial charge in [-0.15, -0.1) is 0 Å². The van der Waals surface area contributed by atoms with Crippen LogP contribution in [0, 0.1) is 13.8 Å². The van der Waals surface area contributed by atoms with Crippen LogP contribution in [0.25, 0.3) is 9.81 Å². The van der Waals surface area contributed by atoms with Crippen LogP contribution in [-0.4, -0.2) is 0 Å². The van der Waals surface area contributed by atoms with E-state index >= 15 is 0 Å². The molecule has 3 aromatic rings. The second-order valence-corrected chi connectivity index (χ2v) is 12.0. The molecule has 3 aromatic carbocycles. The van der Waals surface area contributed by atoms with Crippen molar-refractivity contribution in [2.45, 2.75) is 62.2 Å². The fraction of sp³-hybridized carbons (Fsp3) is 0.267. The largest absolute Gasteiger partial charge is 0.0898 e. The number of halogens is 1. The normalized spacial score (nSPS) is 15.6. The number of allylic oxidation sites excluding steroid dienone is 2. The first kappa shape index (κ1) is 23.1. The molecule has 3 heteroatoms. The predicted octanol–water partition coefficient (Wildman–Crippen LogP) is 10.0. The minimum atomic E-state index is 1.14. The number of hydrogen-bond donors (Lipinski definition) is 0. The zero-order chi connectivity index (χ0) is 22.8. The molecule has 0 nitrogen and oxygen atoms in total. The molecule has 0 unspecified atom stereocenters. The Hall–Kier alpha value is -1.68. The molecular formula is C30H29BrS2. The van der Waals surface area contributed by atoms with Gasteiger partial charge in [0.1, 0.15) is 0 Å². The summed E-state index contributed by atoms with van der Waals surface area (Å²) in [5, 5.41) is 0. The summed E-state index contributed by atoms with van der Waals surface area (Å²) in [6, 6.07) is 20.4. The van der Waals surface area contributed by atoms with E-state index in [2.05, 4.69) is 96.5 Å². The van der Waals surface area contributed by atoms with Crippen LogP contribution in [0.15, 0.2) is 81.0 Å². The Morgan fingerprint density at radius 3 is 1.48 bits per heavy atom. The molecule has 0 saturated heterocycles. The average Bonchev–Trinajstić information content (AvgIpc) is 3.13. The minimum Gasteiger partial charge on any atom is -0.0898 e. The lowest BCUT2D eigenvalue weighted by Gasteiger charge is -2.21. The van der Waals surface area contributed by atoms with Crippen molar-refractivity contribution in [3.8, 4) is 0 Å². The molecule has 0 aliphatic heterocycles. The Labute approximate surface area is 215 Å². The molecule has 2 aliphatic rings. The zero-order valence-electron chi connectivity index (χ0n) is 19.3. The topological polar surface area (TPSA) is 0 Å². The predicted molar refractivity (Wildman–Crippen MR) is 150 cm³/mol. The lowest BCUT2D eigenvalue weighted by atomic mass is 9.94. The van der Waals surface area contributed by atoms with Gasteiger partial charge >= 0.3 is 0 Å². The third-order valence-corrected chi connectivity index (χ3v) is 9.37. The Morgan fingerprint density at radius 2 is 1.06 bits per heavy atom. The molecule has 2 aliphatic carbocycles. The molecule has 0 radical (unpaired) electrons. The highest BCUT2D eigenvalue weighted by molar-refractivity contribution is 9.10. The third-order valence-electron chi connectivity index (χ3n) is 6.38. The number of benzene rings is 3. The van der Waals surface area contributed by atoms with Gasteiger partial charge in [0.25, 0.3) is 0 Å². The fourth-order valence-corrected chi connectivity index (χ4v) is 7.92. The van der Waals surface area contributed by atoms with Crippen molar-refractivity contribution in [1.82, 2.24) is 0 Å². The van der Waals surface area contributed by atoms with Crippen LogP contribution in [0.3, 0.4) is 0 Å². The van der Waals surface area contributed by atoms with Crippen LogP contribution in [0.5, 0.6) is 0 Å². The summed E-state index contributed by atoms with van der Waals surface area (Å²) in [7, 11) is 0. The first-order chi connectivity index (χ1) is 16.1. The van der Waals surface area contributed by atoms with Crippen LogP contribution in [0.4, 0.5) is 0 Å². The van der Waals surface area contributed by atoms with E-state index in [4.69, 9.17) is 0 Å². The van der Waals surface area contributed by atoms with Crippen LogP contribution in [-0.2, 0) is 12.8 Å². The van der Waals surface area contributed by atoms with E-state index in [1.807, 2.05) is 23.5 Å². The lowest BCUT2D eigenvalue weighted by Crippen LogP contribution is -2.01. The van der Waals surface area contributed by atoms with Crippen molar-refractivity contribution >= 4 is 49.3 Å². The quantitative estimate of drug-likeness (QED) is 0.327. The summed E-state index contributed by atoms with van der Waals surface area (Å²) in [4.78, 5) is 5.41. The van der Waals surface area contributed by atoms with Crippen molar-refractivity contribution in [3.63, 3.8) is 0 Å². The average molecular weight is 534 g/mol. The molecule has 0 bridgehead atoms. The van der Waals surface area contributed by atoms with Gasteiger partial charge in [-0.1, -0.05) is 77.1 Å². The minimum absolute atomic E-state index is 1.14. The van der Waals surface area contributed by atoms with Crippen molar-refractivity contribution in [1.29, 1.82) is 0 Å². The van der Waals surface area contributed by atoms with Gasteiger partial charge in [0.15, 0.2) is 0 Å². The Morgan fingerprint density at radius 1 is 0.636 bits per heavy atom. The van der Waals surface area contributed by atoms with Gasteiger partial charge in [-0.3, -0.25) is 0 Å². The van der Waals surface area contributed by atoms with Gasteiger partial charge < -0.3 is 0 Å². The van der Waals surface area contributed by atoms with E-state index in [9.17, 15) is 0 Å². The second kappa shape index (κ2) is 10.3. The van der Waals surface area contributed by atoms with Crippen LogP contribution < -0.4 is 0 Å². The highest BCUT2D eigenvalue weighted by Gasteiger charge is 2.24. The molecule has 0 N–H and O–H groups in total. The molecule has 33 heavy (non-hydrogen) atoms. The summed E-state index contributed by atoms with van der Waals surface area (Å²) in [6.45, 7) is 4.31. The molecule has 0 amide bonds. The molecule has 0 heterocycles. The maximum absolute atomic E-state index is 4.14. The summed E-state index contributed by atoms with van der Waals surface area (Å²) in [6.07, 6.45) is 11.9. The first-order valence-electron chi connectivity index (χ1n) is 11.8. The van der Waals surface area contributed by atoms with Crippen molar-refractivity contribution in [2.75, 3.05) is 0 Å². The standard InChI is InChI=1S/C30H29BrS2/c1-20-11-15-24(16-12-20)32-26-9-5-3-7-22-19-23-8-4-6-10-27(29(23)30(31)28(22)26)33-25-17-13-21(2)14-18-25/h9-19H,3-8H2,1-2H3. The molecule has 0 aromatic heterocycles. The number of thioether (sulfide) groups is 2. The molecule has 5 rings (SSSR count). The molecule has 0 atom stereocenters. The SMILES string of the molecule is Cc1ccc(SC2=CCCCc3cc4c(c(Br)c32)C(Sc2ccc(C)cc2)=CCCC4)cc1. The van der Waals surface area contributed by atoms with E-state index in [-0.39, 0.29) is 0 Å². The van der Waals surface area contributed by atoms with Crippen LogP contribution in [0.1, 0.15) is 59.1 Å². The molecule has 0 fully saturated rings. The van der Waals surface area contributed by atoms with Crippen molar-refractivity contribution < 1.29 is 0 Å². The summed E-state index contributed by atoms with van der Waals surface area (Å²) in [5.74, 6) is 0. The Balaban J connectivity index is 1.58. The van der Waals surface area contributed by atoms with Gasteiger partial charge in [-0.2, -0.15) is 0 Å². The zero-order valence-corrected chi connectivity index (χ0v) is 22.5. The number of hydrogen-bond acceptors (Lipinski definition) is 2. The Bertz CT molecular complexity index is 1120. The molecular weight excluding hydrogens is 504 g/mol. The number of fused-ring (bicyclic) bond motifs is 2. The number of rotatable bonds is 4. The summed E-state index contributed by atoms with van der Waals surface area (Å²) in [5.41, 5.74) is 8.45. The van der Waals surface area contributed by atoms with Crippen LogP contribution >= 0.6 is 39.5 Å². The highest BCUT2D eigenvalue weighted by Crippen LogP contribution is 2.49. The van der Waals surface area contributed by atoms with Gasteiger partial charge in [-0.25, -0.2) is 0 Å². The third kappa shape index (κ3) is 5.21.